The first-order valence-electron chi connectivity index (χ1n) is 6.11. The highest BCUT2D eigenvalue weighted by Gasteiger charge is 1.98. The van der Waals surface area contributed by atoms with Crippen LogP contribution in [0.25, 0.3) is 5.69 Å². The zero-order valence-electron chi connectivity index (χ0n) is 10.6. The molecule has 0 saturated heterocycles. The molecule has 2 aromatic heterocycles. The van der Waals surface area contributed by atoms with Crippen LogP contribution >= 0.6 is 15.9 Å². The Bertz CT molecular complexity index is 662. The lowest BCUT2D eigenvalue weighted by Crippen LogP contribution is -2.01. The SMILES string of the molecule is Brc1ccc(CNc2ccc(-n3cncn3)cc2)nc1. The quantitative estimate of drug-likeness (QED) is 0.799. The average molecular weight is 330 g/mol. The summed E-state index contributed by atoms with van der Waals surface area (Å²) >= 11 is 3.37. The van der Waals surface area contributed by atoms with Crippen molar-refractivity contribution in [2.24, 2.45) is 0 Å². The van der Waals surface area contributed by atoms with E-state index in [-0.39, 0.29) is 0 Å². The predicted molar refractivity (Wildman–Crippen MR) is 80.6 cm³/mol. The summed E-state index contributed by atoms with van der Waals surface area (Å²) in [6, 6.07) is 12.0. The number of anilines is 1. The minimum atomic E-state index is 0.690. The summed E-state index contributed by atoms with van der Waals surface area (Å²) in [5.41, 5.74) is 3.02. The summed E-state index contributed by atoms with van der Waals surface area (Å²) in [4.78, 5) is 8.25. The minimum absolute atomic E-state index is 0.690. The maximum atomic E-state index is 4.32. The Kier molecular flexibility index (Phi) is 3.73. The highest BCUT2D eigenvalue weighted by molar-refractivity contribution is 9.10. The van der Waals surface area contributed by atoms with E-state index in [2.05, 4.69) is 36.3 Å². The molecule has 0 saturated carbocycles. The van der Waals surface area contributed by atoms with Crippen LogP contribution in [-0.2, 0) is 6.54 Å². The van der Waals surface area contributed by atoms with E-state index in [1.54, 1.807) is 17.2 Å². The number of hydrogen-bond acceptors (Lipinski definition) is 4. The first kappa shape index (κ1) is 12.8. The molecule has 0 aliphatic heterocycles. The van der Waals surface area contributed by atoms with Crippen LogP contribution in [0, 0.1) is 0 Å². The van der Waals surface area contributed by atoms with Crippen molar-refractivity contribution in [3.05, 3.63) is 65.4 Å². The van der Waals surface area contributed by atoms with E-state index in [4.69, 9.17) is 0 Å². The van der Waals surface area contributed by atoms with Gasteiger partial charge in [0.1, 0.15) is 12.7 Å². The third-order valence-corrected chi connectivity index (χ3v) is 3.28. The number of pyridine rings is 1. The lowest BCUT2D eigenvalue weighted by atomic mass is 10.2. The second kappa shape index (κ2) is 5.83. The molecule has 1 aromatic carbocycles. The maximum absolute atomic E-state index is 4.32. The minimum Gasteiger partial charge on any atom is -0.379 e. The van der Waals surface area contributed by atoms with Gasteiger partial charge in [-0.3, -0.25) is 4.98 Å². The molecule has 2 heterocycles. The van der Waals surface area contributed by atoms with Crippen molar-refractivity contribution in [2.45, 2.75) is 6.54 Å². The van der Waals surface area contributed by atoms with Gasteiger partial charge in [0.2, 0.25) is 0 Å². The molecule has 0 bridgehead atoms. The van der Waals surface area contributed by atoms with Crippen molar-refractivity contribution in [1.29, 1.82) is 0 Å². The van der Waals surface area contributed by atoms with Crippen molar-refractivity contribution in [3.8, 4) is 5.69 Å². The number of hydrogen-bond donors (Lipinski definition) is 1. The van der Waals surface area contributed by atoms with Gasteiger partial charge >= 0.3 is 0 Å². The Morgan fingerprint density at radius 2 is 1.95 bits per heavy atom. The molecule has 100 valence electrons. The summed E-state index contributed by atoms with van der Waals surface area (Å²) in [5, 5.41) is 7.42. The fourth-order valence-corrected chi connectivity index (χ4v) is 2.01. The molecule has 5 nitrogen and oxygen atoms in total. The molecule has 0 atom stereocenters. The molecule has 0 aliphatic rings. The normalized spacial score (nSPS) is 10.4. The maximum Gasteiger partial charge on any atom is 0.138 e. The monoisotopic (exact) mass is 329 g/mol. The van der Waals surface area contributed by atoms with E-state index in [0.717, 1.165) is 21.5 Å². The Labute approximate surface area is 124 Å². The molecule has 20 heavy (non-hydrogen) atoms. The zero-order chi connectivity index (χ0) is 13.8. The van der Waals surface area contributed by atoms with Crippen molar-refractivity contribution < 1.29 is 0 Å². The van der Waals surface area contributed by atoms with Gasteiger partial charge in [0.15, 0.2) is 0 Å². The Balaban J connectivity index is 1.65. The summed E-state index contributed by atoms with van der Waals surface area (Å²) in [6.45, 7) is 0.690. The molecule has 3 rings (SSSR count). The van der Waals surface area contributed by atoms with Gasteiger partial charge in [0.25, 0.3) is 0 Å². The van der Waals surface area contributed by atoms with Gasteiger partial charge in [-0.1, -0.05) is 0 Å². The highest BCUT2D eigenvalue weighted by atomic mass is 79.9. The highest BCUT2D eigenvalue weighted by Crippen LogP contribution is 2.13. The van der Waals surface area contributed by atoms with Crippen LogP contribution < -0.4 is 5.32 Å². The van der Waals surface area contributed by atoms with Gasteiger partial charge in [-0.25, -0.2) is 9.67 Å². The number of nitrogens with one attached hydrogen (secondary N) is 1. The van der Waals surface area contributed by atoms with Crippen LogP contribution in [0.2, 0.25) is 0 Å². The summed E-state index contributed by atoms with van der Waals surface area (Å²) < 4.78 is 2.71. The summed E-state index contributed by atoms with van der Waals surface area (Å²) in [7, 11) is 0. The molecule has 6 heteroatoms. The van der Waals surface area contributed by atoms with Crippen LogP contribution in [0.15, 0.2) is 59.7 Å². The lowest BCUT2D eigenvalue weighted by molar-refractivity contribution is 0.879. The fraction of sp³-hybridized carbons (Fsp3) is 0.0714. The average Bonchev–Trinajstić information content (AvgIpc) is 3.01. The van der Waals surface area contributed by atoms with Gasteiger partial charge in [0.05, 0.1) is 17.9 Å². The van der Waals surface area contributed by atoms with Crippen LogP contribution in [-0.4, -0.2) is 19.7 Å². The molecule has 0 spiro atoms. The Morgan fingerprint density at radius 3 is 2.60 bits per heavy atom. The predicted octanol–water partition coefficient (Wildman–Crippen LogP) is 3.04. The van der Waals surface area contributed by atoms with E-state index in [1.807, 2.05) is 36.4 Å². The summed E-state index contributed by atoms with van der Waals surface area (Å²) in [5.74, 6) is 0. The van der Waals surface area contributed by atoms with E-state index in [0.29, 0.717) is 6.54 Å². The molecular formula is C14H12BrN5. The van der Waals surface area contributed by atoms with Gasteiger partial charge in [-0.05, 0) is 52.3 Å². The topological polar surface area (TPSA) is 55.6 Å². The molecule has 0 amide bonds. The molecule has 1 N–H and O–H groups in total. The second-order valence-corrected chi connectivity index (χ2v) is 5.12. The van der Waals surface area contributed by atoms with Crippen LogP contribution in [0.4, 0.5) is 5.69 Å². The molecule has 0 aliphatic carbocycles. The lowest BCUT2D eigenvalue weighted by Gasteiger charge is -2.07. The number of halogens is 1. The van der Waals surface area contributed by atoms with Crippen molar-refractivity contribution in [1.82, 2.24) is 19.7 Å². The zero-order valence-corrected chi connectivity index (χ0v) is 12.2. The van der Waals surface area contributed by atoms with Gasteiger partial charge in [-0.2, -0.15) is 5.10 Å². The van der Waals surface area contributed by atoms with E-state index in [1.165, 1.54) is 6.33 Å². The smallest absolute Gasteiger partial charge is 0.138 e. The van der Waals surface area contributed by atoms with Crippen molar-refractivity contribution in [3.63, 3.8) is 0 Å². The molecule has 3 aromatic rings. The first-order valence-corrected chi connectivity index (χ1v) is 6.90. The van der Waals surface area contributed by atoms with Gasteiger partial charge in [0, 0.05) is 16.4 Å². The number of rotatable bonds is 4. The number of nitrogens with zero attached hydrogens (tertiary/aromatic N) is 4. The van der Waals surface area contributed by atoms with E-state index >= 15 is 0 Å². The molecular weight excluding hydrogens is 318 g/mol. The molecule has 0 fully saturated rings. The second-order valence-electron chi connectivity index (χ2n) is 4.21. The molecule has 0 unspecified atom stereocenters. The standard InChI is InChI=1S/C14H12BrN5/c15-11-1-2-13(17-7-11)8-18-12-3-5-14(6-4-12)20-10-16-9-19-20/h1-7,9-10,18H,8H2. The van der Waals surface area contributed by atoms with Gasteiger partial charge in [-0.15, -0.1) is 0 Å². The number of aromatic nitrogens is 4. The van der Waals surface area contributed by atoms with E-state index in [9.17, 15) is 0 Å². The molecule has 0 radical (unpaired) electrons. The number of benzene rings is 1. The third-order valence-electron chi connectivity index (χ3n) is 2.81. The van der Waals surface area contributed by atoms with Crippen LogP contribution in [0.1, 0.15) is 5.69 Å². The van der Waals surface area contributed by atoms with Crippen LogP contribution in [0.5, 0.6) is 0 Å². The van der Waals surface area contributed by atoms with Gasteiger partial charge < -0.3 is 5.32 Å². The summed E-state index contributed by atoms with van der Waals surface area (Å²) in [6.07, 6.45) is 4.99. The Hall–Kier alpha value is -2.21. The van der Waals surface area contributed by atoms with Crippen molar-refractivity contribution >= 4 is 21.6 Å². The van der Waals surface area contributed by atoms with E-state index < -0.39 is 0 Å². The Morgan fingerprint density at radius 1 is 1.10 bits per heavy atom. The fourth-order valence-electron chi connectivity index (χ4n) is 1.78. The first-order chi connectivity index (χ1) is 9.81. The largest absolute Gasteiger partial charge is 0.379 e. The van der Waals surface area contributed by atoms with Crippen molar-refractivity contribution in [2.75, 3.05) is 5.32 Å². The van der Waals surface area contributed by atoms with Crippen LogP contribution in [0.3, 0.4) is 0 Å². The third kappa shape index (κ3) is 3.03.